The van der Waals surface area contributed by atoms with Gasteiger partial charge in [0.1, 0.15) is 0 Å². The van der Waals surface area contributed by atoms with E-state index in [2.05, 4.69) is 5.43 Å². The van der Waals surface area contributed by atoms with Crippen molar-refractivity contribution < 1.29 is 14.6 Å². The van der Waals surface area contributed by atoms with Gasteiger partial charge in [-0.1, -0.05) is 28.9 Å². The Morgan fingerprint density at radius 2 is 1.85 bits per heavy atom. The lowest BCUT2D eigenvalue weighted by Gasteiger charge is -2.06. The number of nitrogens with one attached hydrogen (secondary N) is 1. The molecule has 0 radical (unpaired) electrons. The SMILES string of the molecule is C/C=[N+](/NC(=O)c1ccccc1N)c1ccccc1O. The summed E-state index contributed by atoms with van der Waals surface area (Å²) < 4.78 is 1.45. The molecular formula is C15H16N3O2+. The van der Waals surface area contributed by atoms with Gasteiger partial charge in [-0.15, -0.1) is 5.43 Å². The number of nitrogen functional groups attached to an aromatic ring is 1. The third kappa shape index (κ3) is 2.77. The Labute approximate surface area is 117 Å². The van der Waals surface area contributed by atoms with Gasteiger partial charge in [0.05, 0.1) is 5.56 Å². The molecule has 5 nitrogen and oxygen atoms in total. The number of hydrogen-bond acceptors (Lipinski definition) is 3. The molecule has 2 rings (SSSR count). The van der Waals surface area contributed by atoms with E-state index in [-0.39, 0.29) is 11.7 Å². The highest BCUT2D eigenvalue weighted by atomic mass is 16.3. The number of phenols is 1. The number of carbonyl (C=O) groups excluding carboxylic acids is 1. The van der Waals surface area contributed by atoms with Crippen LogP contribution in [0.5, 0.6) is 5.75 Å². The monoisotopic (exact) mass is 270 g/mol. The molecule has 0 saturated heterocycles. The minimum Gasteiger partial charge on any atom is -0.502 e. The number of nitrogens with two attached hydrogens (primary N) is 1. The fourth-order valence-corrected chi connectivity index (χ4v) is 1.81. The predicted molar refractivity (Wildman–Crippen MR) is 78.1 cm³/mol. The van der Waals surface area contributed by atoms with Gasteiger partial charge in [-0.25, -0.2) is 0 Å². The Hall–Kier alpha value is -2.82. The quantitative estimate of drug-likeness (QED) is 0.346. The number of nitrogens with zero attached hydrogens (tertiary/aromatic N) is 1. The van der Waals surface area contributed by atoms with Crippen molar-refractivity contribution in [1.82, 2.24) is 5.43 Å². The van der Waals surface area contributed by atoms with Crippen molar-refractivity contribution in [2.75, 3.05) is 5.73 Å². The van der Waals surface area contributed by atoms with Crippen molar-refractivity contribution in [2.24, 2.45) is 0 Å². The van der Waals surface area contributed by atoms with Gasteiger partial charge < -0.3 is 10.8 Å². The van der Waals surface area contributed by atoms with Crippen LogP contribution in [-0.2, 0) is 0 Å². The first kappa shape index (κ1) is 13.6. The number of hydrogen-bond donors (Lipinski definition) is 3. The maximum Gasteiger partial charge on any atom is 0.307 e. The van der Waals surface area contributed by atoms with Gasteiger partial charge in [0.25, 0.3) is 5.69 Å². The fourth-order valence-electron chi connectivity index (χ4n) is 1.81. The Morgan fingerprint density at radius 3 is 2.50 bits per heavy atom. The first-order chi connectivity index (χ1) is 9.63. The summed E-state index contributed by atoms with van der Waals surface area (Å²) in [6.45, 7) is 1.75. The summed E-state index contributed by atoms with van der Waals surface area (Å²) in [5, 5.41) is 9.81. The highest BCUT2D eigenvalue weighted by molar-refractivity contribution is 5.98. The summed E-state index contributed by atoms with van der Waals surface area (Å²) in [5.74, 6) is -0.267. The molecule has 0 aromatic heterocycles. The van der Waals surface area contributed by atoms with Crippen molar-refractivity contribution in [3.8, 4) is 5.75 Å². The van der Waals surface area contributed by atoms with Crippen LogP contribution >= 0.6 is 0 Å². The van der Waals surface area contributed by atoms with E-state index in [4.69, 9.17) is 5.73 Å². The predicted octanol–water partition coefficient (Wildman–Crippen LogP) is 2.05. The van der Waals surface area contributed by atoms with Gasteiger partial charge in [-0.3, -0.25) is 4.79 Å². The van der Waals surface area contributed by atoms with Gasteiger partial charge in [0.2, 0.25) is 0 Å². The minimum atomic E-state index is -0.343. The molecule has 0 aliphatic heterocycles. The van der Waals surface area contributed by atoms with Crippen LogP contribution in [0, 0.1) is 0 Å². The molecule has 0 aliphatic rings. The molecule has 0 heterocycles. The summed E-state index contributed by atoms with van der Waals surface area (Å²) in [6, 6.07) is 13.5. The van der Waals surface area contributed by atoms with Gasteiger partial charge in [-0.05, 0) is 18.2 Å². The Kier molecular flexibility index (Phi) is 4.00. The summed E-state index contributed by atoms with van der Waals surface area (Å²) in [6.07, 6.45) is 1.64. The molecular weight excluding hydrogens is 254 g/mol. The number of benzene rings is 2. The van der Waals surface area contributed by atoms with Gasteiger partial charge >= 0.3 is 5.91 Å². The molecule has 2 aromatic carbocycles. The molecule has 0 aliphatic carbocycles. The zero-order valence-corrected chi connectivity index (χ0v) is 11.1. The van der Waals surface area contributed by atoms with Crippen molar-refractivity contribution >= 4 is 23.5 Å². The number of hydrazine groups is 1. The van der Waals surface area contributed by atoms with E-state index in [1.165, 1.54) is 4.68 Å². The first-order valence-electron chi connectivity index (χ1n) is 6.15. The van der Waals surface area contributed by atoms with Crippen LogP contribution in [0.25, 0.3) is 0 Å². The summed E-state index contributed by atoms with van der Waals surface area (Å²) in [5.41, 5.74) is 9.72. The zero-order chi connectivity index (χ0) is 14.5. The molecule has 0 unspecified atom stereocenters. The minimum absolute atomic E-state index is 0.0759. The highest BCUT2D eigenvalue weighted by Crippen LogP contribution is 2.23. The van der Waals surface area contributed by atoms with E-state index in [1.807, 2.05) is 0 Å². The fraction of sp³-hybridized carbons (Fsp3) is 0.0667. The van der Waals surface area contributed by atoms with Gasteiger partial charge in [0.15, 0.2) is 12.0 Å². The number of amides is 1. The number of phenolic OH excluding ortho intramolecular Hbond substituents is 1. The average Bonchev–Trinajstić information content (AvgIpc) is 2.46. The number of para-hydroxylation sites is 3. The molecule has 102 valence electrons. The van der Waals surface area contributed by atoms with Crippen LogP contribution in [0.1, 0.15) is 17.3 Å². The van der Waals surface area contributed by atoms with Crippen LogP contribution in [0.3, 0.4) is 0 Å². The molecule has 20 heavy (non-hydrogen) atoms. The van der Waals surface area contributed by atoms with E-state index < -0.39 is 0 Å². The second-order valence-corrected chi connectivity index (χ2v) is 4.15. The van der Waals surface area contributed by atoms with Crippen LogP contribution in [0.2, 0.25) is 0 Å². The average molecular weight is 270 g/mol. The van der Waals surface area contributed by atoms with Crippen LogP contribution in [0.4, 0.5) is 11.4 Å². The molecule has 0 atom stereocenters. The largest absolute Gasteiger partial charge is 0.502 e. The maximum atomic E-state index is 12.2. The lowest BCUT2D eigenvalue weighted by Crippen LogP contribution is -2.32. The maximum absolute atomic E-state index is 12.2. The molecule has 2 aromatic rings. The van der Waals surface area contributed by atoms with Crippen LogP contribution in [0.15, 0.2) is 48.5 Å². The third-order valence-electron chi connectivity index (χ3n) is 2.83. The molecule has 0 fully saturated rings. The normalized spacial score (nSPS) is 11.2. The molecule has 0 bridgehead atoms. The lowest BCUT2D eigenvalue weighted by molar-refractivity contribution is -0.486. The van der Waals surface area contributed by atoms with Crippen LogP contribution < -0.4 is 11.2 Å². The van der Waals surface area contributed by atoms with Crippen molar-refractivity contribution in [2.45, 2.75) is 6.92 Å². The third-order valence-corrected chi connectivity index (χ3v) is 2.83. The standard InChI is InChI=1S/C15H15N3O2/c1-2-18(13-9-5-6-10-14(13)19)17-15(20)11-7-3-4-8-12(11)16/h2-10H,1H3,(H3-,16,17,19,20)/p+1/b18-2+. The second kappa shape index (κ2) is 5.88. The zero-order valence-electron chi connectivity index (χ0n) is 11.1. The second-order valence-electron chi connectivity index (χ2n) is 4.15. The Morgan fingerprint density at radius 1 is 1.20 bits per heavy atom. The van der Waals surface area contributed by atoms with Crippen molar-refractivity contribution in [1.29, 1.82) is 0 Å². The summed E-state index contributed by atoms with van der Waals surface area (Å²) in [4.78, 5) is 12.2. The van der Waals surface area contributed by atoms with Gasteiger partial charge in [0, 0.05) is 18.7 Å². The number of rotatable bonds is 3. The number of hydrazone groups is 1. The van der Waals surface area contributed by atoms with E-state index in [1.54, 1.807) is 61.7 Å². The highest BCUT2D eigenvalue weighted by Gasteiger charge is 2.19. The topological polar surface area (TPSA) is 78.4 Å². The molecule has 5 heteroatoms. The van der Waals surface area contributed by atoms with E-state index in [0.29, 0.717) is 16.9 Å². The molecule has 1 amide bonds. The molecule has 0 spiro atoms. The smallest absolute Gasteiger partial charge is 0.307 e. The summed E-state index contributed by atoms with van der Waals surface area (Å²) >= 11 is 0. The van der Waals surface area contributed by atoms with Gasteiger partial charge in [-0.2, -0.15) is 0 Å². The van der Waals surface area contributed by atoms with Crippen molar-refractivity contribution in [3.05, 3.63) is 54.1 Å². The molecule has 0 saturated carbocycles. The Bertz CT molecular complexity index is 666. The molecule has 4 N–H and O–H groups in total. The van der Waals surface area contributed by atoms with E-state index in [9.17, 15) is 9.90 Å². The van der Waals surface area contributed by atoms with Crippen LogP contribution in [-0.4, -0.2) is 21.9 Å². The number of carbonyl (C=O) groups is 1. The number of anilines is 1. The van der Waals surface area contributed by atoms with Crippen molar-refractivity contribution in [3.63, 3.8) is 0 Å². The summed E-state index contributed by atoms with van der Waals surface area (Å²) in [7, 11) is 0. The lowest BCUT2D eigenvalue weighted by atomic mass is 10.2. The number of aromatic hydroxyl groups is 1. The Balaban J connectivity index is 2.27. The van der Waals surface area contributed by atoms with E-state index in [0.717, 1.165) is 0 Å². The van der Waals surface area contributed by atoms with E-state index >= 15 is 0 Å². The first-order valence-corrected chi connectivity index (χ1v) is 6.15.